The molecule has 0 saturated heterocycles. The molecule has 0 radical (unpaired) electrons. The van der Waals surface area contributed by atoms with Gasteiger partial charge in [-0.25, -0.2) is 17.9 Å². The topological polar surface area (TPSA) is 108 Å². The first-order chi connectivity index (χ1) is 22.2. The van der Waals surface area contributed by atoms with E-state index in [0.717, 1.165) is 32.1 Å². The number of carbonyl (C=O) groups excluding carboxylic acids is 2. The Morgan fingerprint density at radius 3 is 2.66 bits per heavy atom. The van der Waals surface area contributed by atoms with E-state index in [1.54, 1.807) is 52.0 Å². The summed E-state index contributed by atoms with van der Waals surface area (Å²) in [7, 11) is 0.904. The van der Waals surface area contributed by atoms with Gasteiger partial charge in [0.05, 0.1) is 22.7 Å². The number of aryl methyl sites for hydroxylation is 1. The molecule has 2 amide bonds. The van der Waals surface area contributed by atoms with E-state index in [1.807, 2.05) is 18.2 Å². The van der Waals surface area contributed by atoms with Crippen LogP contribution in [0.1, 0.15) is 50.7 Å². The van der Waals surface area contributed by atoms with Gasteiger partial charge >= 0.3 is 6.09 Å². The molecule has 2 bridgehead atoms. The Hall–Kier alpha value is -3.28. The quantitative estimate of drug-likeness (QED) is 0.419. The van der Waals surface area contributed by atoms with Crippen LogP contribution in [0.15, 0.2) is 53.4 Å². The lowest BCUT2D eigenvalue weighted by molar-refractivity contribution is -0.128. The second-order valence-corrected chi connectivity index (χ2v) is 16.4. The first-order valence-corrected chi connectivity index (χ1v) is 18.2. The molecule has 2 heterocycles. The van der Waals surface area contributed by atoms with E-state index < -0.39 is 33.7 Å². The van der Waals surface area contributed by atoms with Gasteiger partial charge in [-0.2, -0.15) is 0 Å². The zero-order chi connectivity index (χ0) is 33.7. The lowest BCUT2D eigenvalue weighted by atomic mass is 9.68. The molecule has 1 saturated carbocycles. The molecule has 2 aliphatic heterocycles. The summed E-state index contributed by atoms with van der Waals surface area (Å²) in [5, 5.41) is 0.707. The summed E-state index contributed by atoms with van der Waals surface area (Å²) in [5.74, 6) is 0.200. The molecule has 254 valence electrons. The highest BCUT2D eigenvalue weighted by Gasteiger charge is 2.45. The Kier molecular flexibility index (Phi) is 9.04. The van der Waals surface area contributed by atoms with Crippen LogP contribution in [-0.2, 0) is 31.4 Å². The lowest BCUT2D eigenvalue weighted by Crippen LogP contribution is -2.54. The molecule has 2 aromatic rings. The van der Waals surface area contributed by atoms with Gasteiger partial charge in [-0.1, -0.05) is 23.7 Å². The van der Waals surface area contributed by atoms with Crippen LogP contribution >= 0.6 is 11.6 Å². The van der Waals surface area contributed by atoms with Crippen LogP contribution in [0, 0.1) is 11.8 Å². The Bertz CT molecular complexity index is 1690. The maximum absolute atomic E-state index is 13.7. The van der Waals surface area contributed by atoms with Gasteiger partial charge in [-0.05, 0) is 106 Å². The molecule has 0 aromatic heterocycles. The van der Waals surface area contributed by atoms with Crippen LogP contribution in [0.2, 0.25) is 5.02 Å². The maximum Gasteiger partial charge on any atom is 0.409 e. The molecule has 2 aromatic carbocycles. The average Bonchev–Trinajstić information content (AvgIpc) is 3.15. The molecule has 0 unspecified atom stereocenters. The van der Waals surface area contributed by atoms with Crippen LogP contribution in [0.25, 0.3) is 0 Å². The van der Waals surface area contributed by atoms with E-state index in [9.17, 15) is 18.0 Å². The summed E-state index contributed by atoms with van der Waals surface area (Å²) in [6.45, 7) is 5.39. The minimum atomic E-state index is -4.20. The van der Waals surface area contributed by atoms with Crippen molar-refractivity contribution >= 4 is 39.3 Å². The molecule has 10 nitrogen and oxygen atoms in total. The van der Waals surface area contributed by atoms with Gasteiger partial charge in [-0.15, -0.1) is 0 Å². The summed E-state index contributed by atoms with van der Waals surface area (Å²) in [5.41, 5.74) is 1.60. The van der Waals surface area contributed by atoms with Crippen LogP contribution in [-0.4, -0.2) is 89.2 Å². The smallest absolute Gasteiger partial charge is 0.409 e. The van der Waals surface area contributed by atoms with Gasteiger partial charge in [0.2, 0.25) is 0 Å². The summed E-state index contributed by atoms with van der Waals surface area (Å²) in [6.07, 6.45) is 7.63. The third-order valence-electron chi connectivity index (χ3n) is 10.7. The van der Waals surface area contributed by atoms with Crippen molar-refractivity contribution in [2.24, 2.45) is 11.8 Å². The largest absolute Gasteiger partial charge is 0.490 e. The van der Waals surface area contributed by atoms with Crippen molar-refractivity contribution in [3.05, 3.63) is 64.7 Å². The van der Waals surface area contributed by atoms with Crippen LogP contribution in [0.4, 0.5) is 10.5 Å². The first kappa shape index (κ1) is 33.6. The van der Waals surface area contributed by atoms with E-state index in [-0.39, 0.29) is 22.1 Å². The predicted octanol–water partition coefficient (Wildman–Crippen LogP) is 4.99. The number of nitrogens with zero attached hydrogens (tertiary/aromatic N) is 3. The molecule has 1 spiro atoms. The number of sulfonamides is 1. The third kappa shape index (κ3) is 6.46. The van der Waals surface area contributed by atoms with E-state index in [0.29, 0.717) is 42.7 Å². The van der Waals surface area contributed by atoms with E-state index in [2.05, 4.69) is 21.8 Å². The minimum Gasteiger partial charge on any atom is -0.490 e. The fourth-order valence-corrected chi connectivity index (χ4v) is 8.67. The number of carbonyl (C=O) groups is 2. The number of benzene rings is 2. The van der Waals surface area contributed by atoms with E-state index in [4.69, 9.17) is 21.1 Å². The number of hydrogen-bond donors (Lipinski definition) is 1. The summed E-state index contributed by atoms with van der Waals surface area (Å²) >= 11 is 6.42. The van der Waals surface area contributed by atoms with Crippen molar-refractivity contribution in [3.63, 3.8) is 0 Å². The van der Waals surface area contributed by atoms with Crippen molar-refractivity contribution in [3.8, 4) is 5.75 Å². The molecule has 47 heavy (non-hydrogen) atoms. The fourth-order valence-electron chi connectivity index (χ4n) is 7.35. The molecular formula is C35H45ClN4O6S. The monoisotopic (exact) mass is 684 g/mol. The summed E-state index contributed by atoms with van der Waals surface area (Å²) in [4.78, 5) is 31.7. The minimum absolute atomic E-state index is 0.00151. The van der Waals surface area contributed by atoms with Gasteiger partial charge in [0.1, 0.15) is 11.9 Å². The highest BCUT2D eigenvalue weighted by Crippen LogP contribution is 2.47. The zero-order valence-electron chi connectivity index (χ0n) is 27.8. The van der Waals surface area contributed by atoms with Gasteiger partial charge in [0, 0.05) is 50.1 Å². The predicted molar refractivity (Wildman–Crippen MR) is 182 cm³/mol. The summed E-state index contributed by atoms with van der Waals surface area (Å²) in [6, 6.07) is 10.9. The van der Waals surface area contributed by atoms with Gasteiger partial charge < -0.3 is 19.3 Å². The SMILES string of the molecule is CN(C)C(=O)O[C@@H]1/C=C\CN(C)C(C)(C)C(=O)NS(=O)(=O)c2ccc3c(c2)N(C[C@@H]2CC[C@H]21)C[C@@]1(CCCc2cc(Cl)ccc21)CO3. The number of halogens is 1. The molecular weight excluding hydrogens is 640 g/mol. The first-order valence-electron chi connectivity index (χ1n) is 16.3. The molecule has 1 N–H and O–H groups in total. The Morgan fingerprint density at radius 2 is 1.94 bits per heavy atom. The highest BCUT2D eigenvalue weighted by atomic mass is 35.5. The van der Waals surface area contributed by atoms with Crippen molar-refractivity contribution in [2.45, 2.75) is 67.9 Å². The average molecular weight is 685 g/mol. The second kappa shape index (κ2) is 12.6. The van der Waals surface area contributed by atoms with Crippen molar-refractivity contribution in [1.29, 1.82) is 0 Å². The fraction of sp³-hybridized carbons (Fsp3) is 0.543. The zero-order valence-corrected chi connectivity index (χ0v) is 29.4. The summed E-state index contributed by atoms with van der Waals surface area (Å²) < 4.78 is 42.3. The number of fused-ring (bicyclic) bond motifs is 4. The molecule has 4 atom stereocenters. The number of amides is 2. The second-order valence-electron chi connectivity index (χ2n) is 14.3. The number of nitrogens with one attached hydrogen (secondary N) is 1. The third-order valence-corrected chi connectivity index (χ3v) is 12.3. The molecule has 2 aliphatic carbocycles. The number of ether oxygens (including phenoxy) is 2. The molecule has 4 aliphatic rings. The lowest BCUT2D eigenvalue weighted by Gasteiger charge is -2.46. The number of hydrogen-bond acceptors (Lipinski definition) is 8. The van der Waals surface area contributed by atoms with Crippen molar-refractivity contribution in [2.75, 3.05) is 52.3 Å². The number of anilines is 1. The van der Waals surface area contributed by atoms with Crippen LogP contribution < -0.4 is 14.4 Å². The van der Waals surface area contributed by atoms with Crippen molar-refractivity contribution < 1.29 is 27.5 Å². The molecule has 6 rings (SSSR count). The van der Waals surface area contributed by atoms with Crippen molar-refractivity contribution in [1.82, 2.24) is 14.5 Å². The Balaban J connectivity index is 1.45. The van der Waals surface area contributed by atoms with E-state index >= 15 is 0 Å². The number of likely N-dealkylation sites (N-methyl/N-ethyl adjacent to an activating group) is 1. The molecule has 12 heteroatoms. The Morgan fingerprint density at radius 1 is 1.15 bits per heavy atom. The Labute approximate surface area is 283 Å². The highest BCUT2D eigenvalue weighted by molar-refractivity contribution is 7.90. The standard InChI is InChI=1S/C35H45ClN4O6S/c1-34(2)32(41)37-47(43,44)26-12-15-31-29(19-26)40(21-35(22-45-31)16-6-8-23-18-25(36)11-14-28(23)35)20-24-10-13-27(24)30(9-7-17-39(34)5)46-33(42)38(3)4/h7,9,11-12,14-15,18-19,24,27,30H,6,8,10,13,16-17,20-22H2,1-5H3,(H,37,41)/b9-7-/t24-,27+,30+,35-/m0/s1. The van der Waals surface area contributed by atoms with Crippen LogP contribution in [0.5, 0.6) is 5.75 Å². The number of rotatable bonds is 1. The van der Waals surface area contributed by atoms with Gasteiger partial charge in [0.25, 0.3) is 15.9 Å². The van der Waals surface area contributed by atoms with Gasteiger partial charge in [-0.3, -0.25) is 9.69 Å². The maximum atomic E-state index is 13.7. The van der Waals surface area contributed by atoms with Crippen LogP contribution in [0.3, 0.4) is 0 Å². The van der Waals surface area contributed by atoms with Gasteiger partial charge in [0.15, 0.2) is 0 Å². The van der Waals surface area contributed by atoms with E-state index in [1.165, 1.54) is 22.1 Å². The normalized spacial score (nSPS) is 29.2. The molecule has 1 fully saturated rings.